The Morgan fingerprint density at radius 1 is 1.37 bits per heavy atom. The first-order chi connectivity index (χ1) is 8.73. The molecule has 0 saturated carbocycles. The van der Waals surface area contributed by atoms with E-state index in [1.807, 2.05) is 0 Å². The zero-order valence-electron chi connectivity index (χ0n) is 11.8. The van der Waals surface area contributed by atoms with E-state index in [-0.39, 0.29) is 13.0 Å². The fraction of sp³-hybridized carbons (Fsp3) is 0.846. The lowest BCUT2D eigenvalue weighted by atomic mass is 9.90. The molecule has 19 heavy (non-hydrogen) atoms. The summed E-state index contributed by atoms with van der Waals surface area (Å²) in [7, 11) is 0. The summed E-state index contributed by atoms with van der Waals surface area (Å²) in [5.41, 5.74) is -1.88. The Hall–Kier alpha value is -1.30. The van der Waals surface area contributed by atoms with E-state index in [4.69, 9.17) is 9.84 Å². The Kier molecular flexibility index (Phi) is 4.79. The summed E-state index contributed by atoms with van der Waals surface area (Å²) in [6, 6.07) is 0. The summed E-state index contributed by atoms with van der Waals surface area (Å²) >= 11 is 0. The molecule has 1 atom stereocenters. The lowest BCUT2D eigenvalue weighted by molar-refractivity contribution is -0.150. The minimum atomic E-state index is -1.23. The largest absolute Gasteiger partial charge is 0.479 e. The van der Waals surface area contributed by atoms with Crippen LogP contribution in [0.3, 0.4) is 0 Å². The summed E-state index contributed by atoms with van der Waals surface area (Å²) in [6.07, 6.45) is 1.05. The second kappa shape index (κ2) is 5.77. The van der Waals surface area contributed by atoms with Gasteiger partial charge in [-0.3, -0.25) is 4.90 Å². The van der Waals surface area contributed by atoms with Gasteiger partial charge < -0.3 is 14.9 Å². The van der Waals surface area contributed by atoms with Gasteiger partial charge in [0.05, 0.1) is 0 Å². The lowest BCUT2D eigenvalue weighted by Crippen LogP contribution is -2.54. The van der Waals surface area contributed by atoms with Gasteiger partial charge in [0.15, 0.2) is 0 Å². The second-order valence-corrected chi connectivity index (χ2v) is 5.90. The fourth-order valence-corrected chi connectivity index (χ4v) is 2.42. The predicted molar refractivity (Wildman–Crippen MR) is 68.9 cm³/mol. The minimum Gasteiger partial charge on any atom is -0.479 e. The molecule has 1 aliphatic heterocycles. The van der Waals surface area contributed by atoms with Gasteiger partial charge in [-0.25, -0.2) is 9.59 Å². The number of likely N-dealkylation sites (tertiary alicyclic amines) is 1. The molecule has 1 amide bonds. The van der Waals surface area contributed by atoms with Crippen LogP contribution in [0, 0.1) is 0 Å². The normalized spacial score (nSPS) is 23.5. The van der Waals surface area contributed by atoms with E-state index < -0.39 is 23.2 Å². The molecule has 0 aliphatic carbocycles. The standard InChI is InChI=1S/C13H23NO5/c1-12(2,3)19-11(18)14-8-4-6-13(14,10(16)17)7-5-9-15/h15H,4-9H2,1-3H3,(H,16,17). The zero-order valence-corrected chi connectivity index (χ0v) is 11.8. The first-order valence-corrected chi connectivity index (χ1v) is 6.58. The maximum Gasteiger partial charge on any atom is 0.411 e. The van der Waals surface area contributed by atoms with Crippen molar-refractivity contribution >= 4 is 12.1 Å². The number of nitrogens with zero attached hydrogens (tertiary/aromatic N) is 1. The number of hydrogen-bond donors (Lipinski definition) is 2. The lowest BCUT2D eigenvalue weighted by Gasteiger charge is -2.35. The third kappa shape index (κ3) is 3.59. The molecule has 1 rings (SSSR count). The predicted octanol–water partition coefficient (Wildman–Crippen LogP) is 1.61. The van der Waals surface area contributed by atoms with Crippen LogP contribution in [0.2, 0.25) is 0 Å². The molecular formula is C13H23NO5. The summed E-state index contributed by atoms with van der Waals surface area (Å²) < 4.78 is 5.27. The van der Waals surface area contributed by atoms with Crippen LogP contribution < -0.4 is 0 Å². The number of amides is 1. The molecule has 0 radical (unpaired) electrons. The minimum absolute atomic E-state index is 0.0861. The summed E-state index contributed by atoms with van der Waals surface area (Å²) in [4.78, 5) is 25.0. The number of carbonyl (C=O) groups excluding carboxylic acids is 1. The molecule has 1 saturated heterocycles. The quantitative estimate of drug-likeness (QED) is 0.812. The second-order valence-electron chi connectivity index (χ2n) is 5.90. The Morgan fingerprint density at radius 3 is 2.47 bits per heavy atom. The molecule has 0 bridgehead atoms. The molecule has 1 heterocycles. The first-order valence-electron chi connectivity index (χ1n) is 6.58. The number of ether oxygens (including phenoxy) is 1. The molecule has 0 aromatic heterocycles. The average molecular weight is 273 g/mol. The third-order valence-corrected chi connectivity index (χ3v) is 3.25. The van der Waals surface area contributed by atoms with Gasteiger partial charge >= 0.3 is 12.1 Å². The molecule has 0 spiro atoms. The molecule has 1 unspecified atom stereocenters. The molecule has 6 heteroatoms. The van der Waals surface area contributed by atoms with Gasteiger partial charge in [-0.05, 0) is 46.5 Å². The highest BCUT2D eigenvalue weighted by molar-refractivity contribution is 5.85. The molecule has 1 fully saturated rings. The van der Waals surface area contributed by atoms with E-state index >= 15 is 0 Å². The Morgan fingerprint density at radius 2 is 2.00 bits per heavy atom. The Labute approximate surface area is 113 Å². The van der Waals surface area contributed by atoms with Crippen molar-refractivity contribution in [2.45, 2.75) is 57.6 Å². The van der Waals surface area contributed by atoms with Gasteiger partial charge in [0.25, 0.3) is 0 Å². The highest BCUT2D eigenvalue weighted by Gasteiger charge is 2.50. The van der Waals surface area contributed by atoms with Crippen molar-refractivity contribution in [3.8, 4) is 0 Å². The number of carboxylic acid groups (broad SMARTS) is 1. The van der Waals surface area contributed by atoms with Gasteiger partial charge in [-0.15, -0.1) is 0 Å². The van der Waals surface area contributed by atoms with E-state index in [1.54, 1.807) is 20.8 Å². The van der Waals surface area contributed by atoms with Crippen molar-refractivity contribution in [3.63, 3.8) is 0 Å². The van der Waals surface area contributed by atoms with E-state index in [1.165, 1.54) is 4.90 Å². The van der Waals surface area contributed by atoms with Gasteiger partial charge in [0, 0.05) is 13.2 Å². The van der Waals surface area contributed by atoms with Crippen molar-refractivity contribution in [1.29, 1.82) is 0 Å². The fourth-order valence-electron chi connectivity index (χ4n) is 2.42. The molecule has 110 valence electrons. The molecule has 0 aromatic rings. The van der Waals surface area contributed by atoms with Crippen LogP contribution in [0.4, 0.5) is 4.79 Å². The van der Waals surface area contributed by atoms with E-state index in [2.05, 4.69) is 0 Å². The van der Waals surface area contributed by atoms with E-state index in [0.717, 1.165) is 0 Å². The van der Waals surface area contributed by atoms with Crippen LogP contribution in [0.25, 0.3) is 0 Å². The zero-order chi connectivity index (χ0) is 14.7. The maximum atomic E-state index is 12.1. The molecule has 1 aliphatic rings. The van der Waals surface area contributed by atoms with Gasteiger partial charge in [0.2, 0.25) is 0 Å². The summed E-state index contributed by atoms with van der Waals surface area (Å²) in [5.74, 6) is -1.02. The van der Waals surface area contributed by atoms with Crippen LogP contribution >= 0.6 is 0 Å². The van der Waals surface area contributed by atoms with Gasteiger partial charge in [-0.2, -0.15) is 0 Å². The van der Waals surface area contributed by atoms with Crippen molar-refractivity contribution in [1.82, 2.24) is 4.90 Å². The van der Waals surface area contributed by atoms with Crippen LogP contribution in [-0.2, 0) is 9.53 Å². The topological polar surface area (TPSA) is 87.1 Å². The molecule has 2 N–H and O–H groups in total. The number of aliphatic hydroxyl groups is 1. The Balaban J connectivity index is 2.90. The van der Waals surface area contributed by atoms with Crippen LogP contribution in [0.15, 0.2) is 0 Å². The average Bonchev–Trinajstić information content (AvgIpc) is 2.69. The van der Waals surface area contributed by atoms with E-state index in [9.17, 15) is 14.7 Å². The van der Waals surface area contributed by atoms with Crippen molar-refractivity contribution in [2.75, 3.05) is 13.2 Å². The number of hydrogen-bond acceptors (Lipinski definition) is 4. The Bertz CT molecular complexity index is 349. The van der Waals surface area contributed by atoms with Crippen LogP contribution in [-0.4, -0.2) is 51.5 Å². The highest BCUT2D eigenvalue weighted by Crippen LogP contribution is 2.35. The molecule has 0 aromatic carbocycles. The van der Waals surface area contributed by atoms with E-state index in [0.29, 0.717) is 25.8 Å². The molecule has 6 nitrogen and oxygen atoms in total. The van der Waals surface area contributed by atoms with Crippen molar-refractivity contribution in [2.24, 2.45) is 0 Å². The van der Waals surface area contributed by atoms with Crippen LogP contribution in [0.5, 0.6) is 0 Å². The van der Waals surface area contributed by atoms with Crippen LogP contribution in [0.1, 0.15) is 46.5 Å². The first kappa shape index (κ1) is 15.8. The van der Waals surface area contributed by atoms with Crippen molar-refractivity contribution in [3.05, 3.63) is 0 Å². The van der Waals surface area contributed by atoms with Crippen molar-refractivity contribution < 1.29 is 24.5 Å². The number of carbonyl (C=O) groups is 2. The number of aliphatic carboxylic acids is 1. The smallest absolute Gasteiger partial charge is 0.411 e. The number of aliphatic hydroxyl groups excluding tert-OH is 1. The number of carboxylic acids is 1. The number of rotatable bonds is 4. The maximum absolute atomic E-state index is 12.1. The highest BCUT2D eigenvalue weighted by atomic mass is 16.6. The summed E-state index contributed by atoms with van der Waals surface area (Å²) in [5, 5.41) is 18.4. The van der Waals surface area contributed by atoms with Gasteiger partial charge in [0.1, 0.15) is 11.1 Å². The van der Waals surface area contributed by atoms with Gasteiger partial charge in [-0.1, -0.05) is 0 Å². The molecular weight excluding hydrogens is 250 g/mol. The SMILES string of the molecule is CC(C)(C)OC(=O)N1CCCC1(CCCO)C(=O)O. The monoisotopic (exact) mass is 273 g/mol. The summed E-state index contributed by atoms with van der Waals surface area (Å²) in [6.45, 7) is 5.54. The third-order valence-electron chi connectivity index (χ3n) is 3.25.